The van der Waals surface area contributed by atoms with Gasteiger partial charge in [0.1, 0.15) is 17.1 Å². The summed E-state index contributed by atoms with van der Waals surface area (Å²) in [6.07, 6.45) is 0. The number of carbonyl (C=O) groups is 1. The molecule has 5 heteroatoms. The topological polar surface area (TPSA) is 55.8 Å². The highest BCUT2D eigenvalue weighted by atomic mass is 127. The van der Waals surface area contributed by atoms with E-state index in [2.05, 4.69) is 0 Å². The van der Waals surface area contributed by atoms with Crippen molar-refractivity contribution < 1.29 is 19.4 Å². The zero-order chi connectivity index (χ0) is 13.0. The van der Waals surface area contributed by atoms with Crippen molar-refractivity contribution >= 4 is 28.6 Å². The summed E-state index contributed by atoms with van der Waals surface area (Å²) in [4.78, 5) is 11.1. The fourth-order valence-corrected chi connectivity index (χ4v) is 2.00. The molecule has 0 saturated heterocycles. The van der Waals surface area contributed by atoms with Crippen molar-refractivity contribution in [3.05, 3.63) is 21.3 Å². The number of carboxylic acid groups (broad SMARTS) is 1. The Morgan fingerprint density at radius 2 is 2.12 bits per heavy atom. The van der Waals surface area contributed by atoms with E-state index in [0.29, 0.717) is 24.0 Å². The van der Waals surface area contributed by atoms with Gasteiger partial charge in [0.15, 0.2) is 0 Å². The Labute approximate surface area is 114 Å². The van der Waals surface area contributed by atoms with Crippen LogP contribution in [0.5, 0.6) is 11.5 Å². The highest BCUT2D eigenvalue weighted by Gasteiger charge is 2.17. The Kier molecular flexibility index (Phi) is 5.04. The second kappa shape index (κ2) is 6.09. The van der Waals surface area contributed by atoms with Crippen LogP contribution < -0.4 is 9.47 Å². The number of ether oxygens (including phenoxy) is 2. The zero-order valence-corrected chi connectivity index (χ0v) is 12.1. The second-order valence-electron chi connectivity index (χ2n) is 4.00. The quantitative estimate of drug-likeness (QED) is 0.830. The van der Waals surface area contributed by atoms with Crippen LogP contribution in [0.15, 0.2) is 12.1 Å². The van der Waals surface area contributed by atoms with E-state index in [1.165, 1.54) is 13.2 Å². The van der Waals surface area contributed by atoms with Crippen LogP contribution in [-0.2, 0) is 0 Å². The van der Waals surface area contributed by atoms with Crippen LogP contribution >= 0.6 is 22.6 Å². The van der Waals surface area contributed by atoms with Gasteiger partial charge in [0.2, 0.25) is 0 Å². The summed E-state index contributed by atoms with van der Waals surface area (Å²) in [6.45, 7) is 4.51. The summed E-state index contributed by atoms with van der Waals surface area (Å²) in [5.41, 5.74) is 0.134. The van der Waals surface area contributed by atoms with Gasteiger partial charge in [-0.25, -0.2) is 4.79 Å². The number of methoxy groups -OCH3 is 1. The van der Waals surface area contributed by atoms with Crippen molar-refractivity contribution in [3.63, 3.8) is 0 Å². The third kappa shape index (κ3) is 3.76. The van der Waals surface area contributed by atoms with Gasteiger partial charge in [-0.1, -0.05) is 13.8 Å². The van der Waals surface area contributed by atoms with E-state index in [-0.39, 0.29) is 5.56 Å². The number of carboxylic acids is 1. The number of halogens is 1. The Bertz CT molecular complexity index is 415. The second-order valence-corrected chi connectivity index (χ2v) is 5.16. The molecule has 4 nitrogen and oxygen atoms in total. The highest BCUT2D eigenvalue weighted by molar-refractivity contribution is 14.1. The van der Waals surface area contributed by atoms with Crippen molar-refractivity contribution in [2.45, 2.75) is 13.8 Å². The summed E-state index contributed by atoms with van der Waals surface area (Å²) >= 11 is 2.05. The lowest BCUT2D eigenvalue weighted by molar-refractivity contribution is 0.0691. The fraction of sp³-hybridized carbons (Fsp3) is 0.417. The number of hydrogen-bond acceptors (Lipinski definition) is 3. The highest BCUT2D eigenvalue weighted by Crippen LogP contribution is 2.31. The van der Waals surface area contributed by atoms with E-state index < -0.39 is 5.97 Å². The normalized spacial score (nSPS) is 10.4. The molecule has 0 fully saturated rings. The molecule has 0 aliphatic rings. The van der Waals surface area contributed by atoms with Crippen LogP contribution in [-0.4, -0.2) is 24.8 Å². The maximum atomic E-state index is 11.1. The summed E-state index contributed by atoms with van der Waals surface area (Å²) in [7, 11) is 1.51. The molecule has 1 aromatic carbocycles. The third-order valence-corrected chi connectivity index (χ3v) is 2.85. The van der Waals surface area contributed by atoms with Crippen molar-refractivity contribution in [1.82, 2.24) is 0 Å². The Balaban J connectivity index is 3.12. The third-order valence-electron chi connectivity index (χ3n) is 2.04. The first-order valence-corrected chi connectivity index (χ1v) is 6.27. The molecular weight excluding hydrogens is 335 g/mol. The zero-order valence-electron chi connectivity index (χ0n) is 9.99. The SMILES string of the molecule is COc1cc(I)c(OCC(C)C)c(C(=O)O)c1. The number of benzene rings is 1. The molecule has 0 aliphatic heterocycles. The number of hydrogen-bond donors (Lipinski definition) is 1. The average molecular weight is 350 g/mol. The first-order valence-electron chi connectivity index (χ1n) is 5.19. The minimum Gasteiger partial charge on any atom is -0.497 e. The Morgan fingerprint density at radius 1 is 1.47 bits per heavy atom. The van der Waals surface area contributed by atoms with Crippen LogP contribution in [0.1, 0.15) is 24.2 Å². The molecule has 0 heterocycles. The molecule has 0 amide bonds. The molecule has 0 spiro atoms. The summed E-state index contributed by atoms with van der Waals surface area (Å²) in [5, 5.41) is 9.14. The lowest BCUT2D eigenvalue weighted by Crippen LogP contribution is -2.10. The lowest BCUT2D eigenvalue weighted by atomic mass is 10.2. The smallest absolute Gasteiger partial charge is 0.339 e. The molecule has 1 aromatic rings. The molecule has 0 unspecified atom stereocenters. The maximum Gasteiger partial charge on any atom is 0.339 e. The summed E-state index contributed by atoms with van der Waals surface area (Å²) in [6, 6.07) is 3.23. The molecule has 1 rings (SSSR count). The van der Waals surface area contributed by atoms with Crippen molar-refractivity contribution in [2.24, 2.45) is 5.92 Å². The minimum absolute atomic E-state index is 0.134. The summed E-state index contributed by atoms with van der Waals surface area (Å²) in [5.74, 6) is 0.256. The van der Waals surface area contributed by atoms with Crippen LogP contribution in [0.3, 0.4) is 0 Å². The molecule has 0 aromatic heterocycles. The first-order chi connectivity index (χ1) is 7.95. The molecule has 0 saturated carbocycles. The van der Waals surface area contributed by atoms with E-state index in [0.717, 1.165) is 3.57 Å². The van der Waals surface area contributed by atoms with E-state index in [9.17, 15) is 4.79 Å². The van der Waals surface area contributed by atoms with Gasteiger partial charge in [-0.05, 0) is 40.6 Å². The minimum atomic E-state index is -1.01. The van der Waals surface area contributed by atoms with E-state index in [4.69, 9.17) is 14.6 Å². The molecule has 94 valence electrons. The van der Waals surface area contributed by atoms with Gasteiger partial charge in [-0.2, -0.15) is 0 Å². The number of aromatic carboxylic acids is 1. The van der Waals surface area contributed by atoms with E-state index in [1.54, 1.807) is 6.07 Å². The van der Waals surface area contributed by atoms with Gasteiger partial charge >= 0.3 is 5.97 Å². The molecule has 0 bridgehead atoms. The van der Waals surface area contributed by atoms with Gasteiger partial charge < -0.3 is 14.6 Å². The molecule has 0 aliphatic carbocycles. The van der Waals surface area contributed by atoms with Crippen molar-refractivity contribution in [3.8, 4) is 11.5 Å². The molecule has 0 radical (unpaired) electrons. The predicted molar refractivity (Wildman–Crippen MR) is 73.0 cm³/mol. The predicted octanol–water partition coefficient (Wildman–Crippen LogP) is 3.03. The van der Waals surface area contributed by atoms with Gasteiger partial charge in [0.25, 0.3) is 0 Å². The van der Waals surface area contributed by atoms with Crippen LogP contribution in [0, 0.1) is 9.49 Å². The fourth-order valence-electron chi connectivity index (χ4n) is 1.24. The Hall–Kier alpha value is -0.980. The largest absolute Gasteiger partial charge is 0.497 e. The van der Waals surface area contributed by atoms with Gasteiger partial charge in [0.05, 0.1) is 17.3 Å². The van der Waals surface area contributed by atoms with Crippen molar-refractivity contribution in [1.29, 1.82) is 0 Å². The molecule has 17 heavy (non-hydrogen) atoms. The van der Waals surface area contributed by atoms with E-state index in [1.807, 2.05) is 36.4 Å². The monoisotopic (exact) mass is 350 g/mol. The van der Waals surface area contributed by atoms with Crippen LogP contribution in [0.25, 0.3) is 0 Å². The maximum absolute atomic E-state index is 11.1. The van der Waals surface area contributed by atoms with Gasteiger partial charge in [-0.15, -0.1) is 0 Å². The summed E-state index contributed by atoms with van der Waals surface area (Å²) < 4.78 is 11.3. The molecule has 0 atom stereocenters. The standard InChI is InChI=1S/C12H15IO4/c1-7(2)6-17-11-9(12(14)15)4-8(16-3)5-10(11)13/h4-5,7H,6H2,1-3H3,(H,14,15). The van der Waals surface area contributed by atoms with Crippen LogP contribution in [0.4, 0.5) is 0 Å². The average Bonchev–Trinajstić information content (AvgIpc) is 2.25. The Morgan fingerprint density at radius 3 is 2.59 bits per heavy atom. The first kappa shape index (κ1) is 14.1. The lowest BCUT2D eigenvalue weighted by Gasteiger charge is -2.14. The van der Waals surface area contributed by atoms with E-state index >= 15 is 0 Å². The molecular formula is C12H15IO4. The van der Waals surface area contributed by atoms with Crippen molar-refractivity contribution in [2.75, 3.05) is 13.7 Å². The van der Waals surface area contributed by atoms with Gasteiger partial charge in [-0.3, -0.25) is 0 Å². The van der Waals surface area contributed by atoms with Gasteiger partial charge in [0, 0.05) is 0 Å². The van der Waals surface area contributed by atoms with Crippen LogP contribution in [0.2, 0.25) is 0 Å². The molecule has 1 N–H and O–H groups in total. The number of rotatable bonds is 5.